The molecule has 16 heavy (non-hydrogen) atoms. The molecule has 0 fully saturated rings. The number of aromatic nitrogens is 2. The Morgan fingerprint density at radius 2 is 2.31 bits per heavy atom. The third-order valence-corrected chi connectivity index (χ3v) is 3.11. The van der Waals surface area contributed by atoms with Crippen molar-refractivity contribution in [1.82, 2.24) is 14.5 Å². The van der Waals surface area contributed by atoms with Gasteiger partial charge in [-0.3, -0.25) is 4.79 Å². The molecule has 1 atom stereocenters. The van der Waals surface area contributed by atoms with E-state index >= 15 is 0 Å². The maximum atomic E-state index is 12.0. The summed E-state index contributed by atoms with van der Waals surface area (Å²) in [5, 5.41) is 15.1. The summed E-state index contributed by atoms with van der Waals surface area (Å²) in [6.07, 6.45) is 0. The van der Waals surface area contributed by atoms with Gasteiger partial charge in [-0.05, 0) is 25.4 Å². The van der Waals surface area contributed by atoms with E-state index in [9.17, 15) is 4.79 Å². The van der Waals surface area contributed by atoms with E-state index in [-0.39, 0.29) is 11.7 Å². The molecule has 1 unspecified atom stereocenters. The van der Waals surface area contributed by atoms with Crippen LogP contribution in [0.2, 0.25) is 0 Å². The summed E-state index contributed by atoms with van der Waals surface area (Å²) < 4.78 is 3.68. The van der Waals surface area contributed by atoms with Gasteiger partial charge in [-0.2, -0.15) is 0 Å². The van der Waals surface area contributed by atoms with Crippen LogP contribution >= 0.6 is 11.5 Å². The van der Waals surface area contributed by atoms with Crippen molar-refractivity contribution in [1.29, 1.82) is 0 Å². The zero-order chi connectivity index (χ0) is 12.3. The molecule has 0 bridgehead atoms. The van der Waals surface area contributed by atoms with Crippen molar-refractivity contribution in [3.05, 3.63) is 10.6 Å². The lowest BCUT2D eigenvalue weighted by molar-refractivity contribution is 0.0780. The number of nitrogens with zero attached hydrogens (tertiary/aromatic N) is 4. The minimum absolute atomic E-state index is 0.0222. The summed E-state index contributed by atoms with van der Waals surface area (Å²) in [7, 11) is 1.57. The largest absolute Gasteiger partial charge is 0.409 e. The van der Waals surface area contributed by atoms with Crippen molar-refractivity contribution in [3.63, 3.8) is 0 Å². The van der Waals surface area contributed by atoms with Crippen molar-refractivity contribution in [2.45, 2.75) is 19.9 Å². The highest BCUT2D eigenvalue weighted by atomic mass is 32.1. The minimum Gasteiger partial charge on any atom is -0.409 e. The second kappa shape index (κ2) is 4.88. The summed E-state index contributed by atoms with van der Waals surface area (Å²) in [5.74, 6) is -0.266. The molecule has 0 radical (unpaired) electrons. The summed E-state index contributed by atoms with van der Waals surface area (Å²) >= 11 is 1.03. The Morgan fingerprint density at radius 1 is 1.69 bits per heavy atom. The lowest BCUT2D eigenvalue weighted by Crippen LogP contribution is -2.43. The van der Waals surface area contributed by atoms with Crippen LogP contribution in [0.5, 0.6) is 0 Å². The number of carbonyl (C=O) groups excluding carboxylic acids is 1. The fourth-order valence-electron chi connectivity index (χ4n) is 1.05. The van der Waals surface area contributed by atoms with Gasteiger partial charge in [0.25, 0.3) is 5.91 Å². The van der Waals surface area contributed by atoms with Crippen molar-refractivity contribution >= 4 is 23.3 Å². The average molecular weight is 243 g/mol. The van der Waals surface area contributed by atoms with Crippen LogP contribution in [0, 0.1) is 6.92 Å². The highest BCUT2D eigenvalue weighted by Crippen LogP contribution is 2.13. The SMILES string of the molecule is Cc1nnsc1C(=O)N(C)C(C)C(N)=NO. The molecule has 0 saturated heterocycles. The molecule has 0 aliphatic heterocycles. The summed E-state index contributed by atoms with van der Waals surface area (Å²) in [4.78, 5) is 13.8. The monoisotopic (exact) mass is 243 g/mol. The van der Waals surface area contributed by atoms with Crippen molar-refractivity contribution < 1.29 is 10.0 Å². The number of rotatable bonds is 3. The van der Waals surface area contributed by atoms with Gasteiger partial charge >= 0.3 is 0 Å². The van der Waals surface area contributed by atoms with Gasteiger partial charge in [0.2, 0.25) is 0 Å². The molecular weight excluding hydrogens is 230 g/mol. The Labute approximate surface area is 96.7 Å². The summed E-state index contributed by atoms with van der Waals surface area (Å²) in [6.45, 7) is 3.37. The molecule has 1 heterocycles. The van der Waals surface area contributed by atoms with E-state index in [1.54, 1.807) is 20.9 Å². The van der Waals surface area contributed by atoms with Crippen LogP contribution in [-0.2, 0) is 0 Å². The van der Waals surface area contributed by atoms with E-state index in [0.717, 1.165) is 11.5 Å². The molecule has 1 aromatic rings. The Morgan fingerprint density at radius 3 is 2.75 bits per heavy atom. The predicted octanol–water partition coefficient (Wildman–Crippen LogP) is 0.0534. The summed E-state index contributed by atoms with van der Waals surface area (Å²) in [5.41, 5.74) is 6.00. The number of amidine groups is 1. The topological polar surface area (TPSA) is 105 Å². The Bertz CT molecular complexity index is 416. The van der Waals surface area contributed by atoms with E-state index in [2.05, 4.69) is 14.7 Å². The quantitative estimate of drug-likeness (QED) is 0.338. The van der Waals surface area contributed by atoms with Crippen LogP contribution in [0.25, 0.3) is 0 Å². The third kappa shape index (κ3) is 2.27. The molecule has 1 aromatic heterocycles. The number of hydrogen-bond donors (Lipinski definition) is 2. The van der Waals surface area contributed by atoms with Crippen molar-refractivity contribution in [3.8, 4) is 0 Å². The first-order chi connectivity index (χ1) is 7.49. The molecule has 7 nitrogen and oxygen atoms in total. The van der Waals surface area contributed by atoms with E-state index in [1.165, 1.54) is 4.90 Å². The van der Waals surface area contributed by atoms with Crippen LogP contribution in [0.3, 0.4) is 0 Å². The first-order valence-corrected chi connectivity index (χ1v) is 5.30. The van der Waals surface area contributed by atoms with E-state index in [1.807, 2.05) is 0 Å². The zero-order valence-electron chi connectivity index (χ0n) is 9.21. The number of nitrogens with two attached hydrogens (primary N) is 1. The van der Waals surface area contributed by atoms with Gasteiger partial charge in [0.15, 0.2) is 5.84 Å². The normalized spacial score (nSPS) is 13.6. The van der Waals surface area contributed by atoms with E-state index < -0.39 is 6.04 Å². The molecule has 0 aromatic carbocycles. The molecule has 88 valence electrons. The smallest absolute Gasteiger partial charge is 0.267 e. The number of amides is 1. The maximum absolute atomic E-state index is 12.0. The lowest BCUT2D eigenvalue weighted by Gasteiger charge is -2.22. The van der Waals surface area contributed by atoms with Gasteiger partial charge in [-0.1, -0.05) is 9.64 Å². The average Bonchev–Trinajstić information content (AvgIpc) is 2.71. The van der Waals surface area contributed by atoms with Gasteiger partial charge in [-0.25, -0.2) is 0 Å². The third-order valence-electron chi connectivity index (χ3n) is 2.29. The fourth-order valence-corrected chi connectivity index (χ4v) is 1.69. The highest BCUT2D eigenvalue weighted by Gasteiger charge is 2.23. The molecule has 3 N–H and O–H groups in total. The lowest BCUT2D eigenvalue weighted by atomic mass is 10.2. The van der Waals surface area contributed by atoms with Crippen LogP contribution in [-0.4, -0.2) is 44.5 Å². The summed E-state index contributed by atoms with van der Waals surface area (Å²) in [6, 6.07) is -0.487. The van der Waals surface area contributed by atoms with Gasteiger partial charge in [0, 0.05) is 7.05 Å². The maximum Gasteiger partial charge on any atom is 0.267 e. The molecule has 1 amide bonds. The van der Waals surface area contributed by atoms with Gasteiger partial charge in [0.1, 0.15) is 4.88 Å². The predicted molar refractivity (Wildman–Crippen MR) is 59.6 cm³/mol. The van der Waals surface area contributed by atoms with Gasteiger partial charge < -0.3 is 15.8 Å². The van der Waals surface area contributed by atoms with E-state index in [0.29, 0.717) is 10.6 Å². The fraction of sp³-hybridized carbons (Fsp3) is 0.500. The van der Waals surface area contributed by atoms with Gasteiger partial charge in [0.05, 0.1) is 11.7 Å². The number of carbonyl (C=O) groups is 1. The van der Waals surface area contributed by atoms with Crippen LogP contribution in [0.15, 0.2) is 5.16 Å². The second-order valence-electron chi connectivity index (χ2n) is 3.30. The Balaban J connectivity index is 2.87. The minimum atomic E-state index is -0.487. The van der Waals surface area contributed by atoms with Crippen molar-refractivity contribution in [2.75, 3.05) is 7.05 Å². The number of oxime groups is 1. The van der Waals surface area contributed by atoms with Gasteiger partial charge in [-0.15, -0.1) is 5.10 Å². The molecule has 8 heteroatoms. The number of likely N-dealkylation sites (N-methyl/N-ethyl adjacent to an activating group) is 1. The molecule has 1 rings (SSSR count). The standard InChI is InChI=1S/C8H13N5O2S/c1-4-6(16-12-10-4)8(14)13(3)5(2)7(9)11-15/h5,15H,1-3H3,(H2,9,11). The highest BCUT2D eigenvalue weighted by molar-refractivity contribution is 7.07. The Kier molecular flexibility index (Phi) is 3.78. The van der Waals surface area contributed by atoms with Crippen LogP contribution < -0.4 is 5.73 Å². The molecule has 0 aliphatic carbocycles. The molecular formula is C8H13N5O2S. The van der Waals surface area contributed by atoms with E-state index in [4.69, 9.17) is 10.9 Å². The number of aryl methyl sites for hydroxylation is 1. The van der Waals surface area contributed by atoms with Crippen molar-refractivity contribution in [2.24, 2.45) is 10.9 Å². The molecule has 0 saturated carbocycles. The first-order valence-electron chi connectivity index (χ1n) is 4.52. The second-order valence-corrected chi connectivity index (χ2v) is 4.06. The zero-order valence-corrected chi connectivity index (χ0v) is 10.0. The molecule has 0 spiro atoms. The molecule has 0 aliphatic rings. The number of hydrogen-bond acceptors (Lipinski definition) is 6. The Hall–Kier alpha value is -1.70. The van der Waals surface area contributed by atoms with Crippen LogP contribution in [0.1, 0.15) is 22.3 Å². The first kappa shape index (κ1) is 12.4. The van der Waals surface area contributed by atoms with Crippen LogP contribution in [0.4, 0.5) is 0 Å².